The maximum Gasteiger partial charge on any atom is 0.119 e. The van der Waals surface area contributed by atoms with Gasteiger partial charge in [-0.25, -0.2) is 9.97 Å². The van der Waals surface area contributed by atoms with Crippen molar-refractivity contribution in [2.45, 2.75) is 13.8 Å². The van der Waals surface area contributed by atoms with E-state index in [9.17, 15) is 0 Å². The molecular weight excluding hydrogens is 200 g/mol. The molecule has 1 aromatic carbocycles. The molecule has 0 spiro atoms. The van der Waals surface area contributed by atoms with E-state index in [0.717, 1.165) is 22.7 Å². The van der Waals surface area contributed by atoms with Crippen LogP contribution < -0.4 is 4.74 Å². The van der Waals surface area contributed by atoms with Crippen LogP contribution in [0.5, 0.6) is 5.75 Å². The van der Waals surface area contributed by atoms with Crippen LogP contribution in [0.15, 0.2) is 36.7 Å². The second kappa shape index (κ2) is 4.75. The summed E-state index contributed by atoms with van der Waals surface area (Å²) in [7, 11) is 0. The standard InChI is InChI=1S/C13H14N2O/c1-3-16-12-6-4-11(5-7-12)13-8-10(2)14-9-15-13/h4-9H,3H2,1-2H3. The fourth-order valence-corrected chi connectivity index (χ4v) is 1.50. The Kier molecular flexibility index (Phi) is 3.15. The van der Waals surface area contributed by atoms with Crippen molar-refractivity contribution >= 4 is 0 Å². The predicted molar refractivity (Wildman–Crippen MR) is 63.4 cm³/mol. The van der Waals surface area contributed by atoms with Gasteiger partial charge in [-0.05, 0) is 44.2 Å². The second-order valence-electron chi connectivity index (χ2n) is 3.50. The van der Waals surface area contributed by atoms with E-state index in [4.69, 9.17) is 4.74 Å². The summed E-state index contributed by atoms with van der Waals surface area (Å²) in [5.41, 5.74) is 2.99. The Morgan fingerprint density at radius 3 is 2.50 bits per heavy atom. The molecule has 0 atom stereocenters. The zero-order valence-electron chi connectivity index (χ0n) is 9.47. The van der Waals surface area contributed by atoms with Crippen molar-refractivity contribution in [3.8, 4) is 17.0 Å². The zero-order chi connectivity index (χ0) is 11.4. The molecule has 2 aromatic rings. The molecule has 0 amide bonds. The number of hydrogen-bond donors (Lipinski definition) is 0. The van der Waals surface area contributed by atoms with Gasteiger partial charge in [0.15, 0.2) is 0 Å². The minimum absolute atomic E-state index is 0.686. The summed E-state index contributed by atoms with van der Waals surface area (Å²) < 4.78 is 5.39. The van der Waals surface area contributed by atoms with E-state index in [2.05, 4.69) is 9.97 Å². The number of nitrogens with zero attached hydrogens (tertiary/aromatic N) is 2. The van der Waals surface area contributed by atoms with Gasteiger partial charge in [0.25, 0.3) is 0 Å². The van der Waals surface area contributed by atoms with Crippen molar-refractivity contribution in [1.82, 2.24) is 9.97 Å². The van der Waals surface area contributed by atoms with Gasteiger partial charge in [-0.3, -0.25) is 0 Å². The lowest BCUT2D eigenvalue weighted by molar-refractivity contribution is 0.340. The van der Waals surface area contributed by atoms with E-state index < -0.39 is 0 Å². The van der Waals surface area contributed by atoms with Crippen LogP contribution >= 0.6 is 0 Å². The van der Waals surface area contributed by atoms with Crippen LogP contribution in [0.2, 0.25) is 0 Å². The lowest BCUT2D eigenvalue weighted by Crippen LogP contribution is -1.91. The van der Waals surface area contributed by atoms with Crippen molar-refractivity contribution in [1.29, 1.82) is 0 Å². The first-order chi connectivity index (χ1) is 7.79. The molecule has 0 aliphatic carbocycles. The number of hydrogen-bond acceptors (Lipinski definition) is 3. The molecule has 16 heavy (non-hydrogen) atoms. The fourth-order valence-electron chi connectivity index (χ4n) is 1.50. The summed E-state index contributed by atoms with van der Waals surface area (Å²) in [6.45, 7) is 4.62. The third-order valence-corrected chi connectivity index (χ3v) is 2.26. The van der Waals surface area contributed by atoms with Crippen molar-refractivity contribution in [3.63, 3.8) is 0 Å². The van der Waals surface area contributed by atoms with Gasteiger partial charge in [-0.15, -0.1) is 0 Å². The van der Waals surface area contributed by atoms with E-state index in [-0.39, 0.29) is 0 Å². The van der Waals surface area contributed by atoms with Gasteiger partial charge in [-0.2, -0.15) is 0 Å². The first-order valence-electron chi connectivity index (χ1n) is 5.31. The highest BCUT2D eigenvalue weighted by Gasteiger charge is 2.00. The number of ether oxygens (including phenoxy) is 1. The quantitative estimate of drug-likeness (QED) is 0.788. The summed E-state index contributed by atoms with van der Waals surface area (Å²) in [6.07, 6.45) is 1.58. The van der Waals surface area contributed by atoms with Gasteiger partial charge in [-0.1, -0.05) is 0 Å². The molecule has 0 bridgehead atoms. The molecule has 1 heterocycles. The van der Waals surface area contributed by atoms with Gasteiger partial charge in [0, 0.05) is 11.3 Å². The monoisotopic (exact) mass is 214 g/mol. The number of rotatable bonds is 3. The highest BCUT2D eigenvalue weighted by Crippen LogP contribution is 2.20. The van der Waals surface area contributed by atoms with Crippen LogP contribution in [0.4, 0.5) is 0 Å². The molecular formula is C13H14N2O. The Labute approximate surface area is 95.1 Å². The number of aromatic nitrogens is 2. The van der Waals surface area contributed by atoms with E-state index in [1.165, 1.54) is 0 Å². The second-order valence-corrected chi connectivity index (χ2v) is 3.50. The Balaban J connectivity index is 2.27. The van der Waals surface area contributed by atoms with E-state index in [1.54, 1.807) is 6.33 Å². The van der Waals surface area contributed by atoms with Gasteiger partial charge < -0.3 is 4.74 Å². The molecule has 0 fully saturated rings. The number of aryl methyl sites for hydroxylation is 1. The average Bonchev–Trinajstić information content (AvgIpc) is 2.30. The van der Waals surface area contributed by atoms with Crippen molar-refractivity contribution in [2.24, 2.45) is 0 Å². The van der Waals surface area contributed by atoms with Gasteiger partial charge in [0.1, 0.15) is 12.1 Å². The molecule has 0 aliphatic heterocycles. The Hall–Kier alpha value is -1.90. The molecule has 0 N–H and O–H groups in total. The molecule has 3 heteroatoms. The minimum atomic E-state index is 0.686. The SMILES string of the molecule is CCOc1ccc(-c2cc(C)ncn2)cc1. The van der Waals surface area contributed by atoms with Crippen LogP contribution in [0.3, 0.4) is 0 Å². The predicted octanol–water partition coefficient (Wildman–Crippen LogP) is 2.85. The lowest BCUT2D eigenvalue weighted by Gasteiger charge is -2.04. The Morgan fingerprint density at radius 2 is 1.88 bits per heavy atom. The van der Waals surface area contributed by atoms with Gasteiger partial charge >= 0.3 is 0 Å². The average molecular weight is 214 g/mol. The van der Waals surface area contributed by atoms with E-state index in [0.29, 0.717) is 6.61 Å². The fraction of sp³-hybridized carbons (Fsp3) is 0.231. The van der Waals surface area contributed by atoms with E-state index >= 15 is 0 Å². The van der Waals surface area contributed by atoms with Crippen molar-refractivity contribution in [3.05, 3.63) is 42.4 Å². The molecule has 0 saturated heterocycles. The molecule has 0 unspecified atom stereocenters. The van der Waals surface area contributed by atoms with Crippen LogP contribution in [0, 0.1) is 6.92 Å². The van der Waals surface area contributed by atoms with Crippen LogP contribution in [-0.2, 0) is 0 Å². The molecule has 0 saturated carbocycles. The molecule has 0 radical (unpaired) electrons. The van der Waals surface area contributed by atoms with Gasteiger partial charge in [0.2, 0.25) is 0 Å². The maximum absolute atomic E-state index is 5.39. The Morgan fingerprint density at radius 1 is 1.12 bits per heavy atom. The van der Waals surface area contributed by atoms with Crippen molar-refractivity contribution < 1.29 is 4.74 Å². The lowest BCUT2D eigenvalue weighted by atomic mass is 10.1. The van der Waals surface area contributed by atoms with Crippen LogP contribution in [0.1, 0.15) is 12.6 Å². The summed E-state index contributed by atoms with van der Waals surface area (Å²) in [5, 5.41) is 0. The maximum atomic E-state index is 5.39. The molecule has 2 rings (SSSR count). The van der Waals surface area contributed by atoms with Crippen LogP contribution in [-0.4, -0.2) is 16.6 Å². The molecule has 82 valence electrons. The van der Waals surface area contributed by atoms with Crippen molar-refractivity contribution in [2.75, 3.05) is 6.61 Å². The highest BCUT2D eigenvalue weighted by atomic mass is 16.5. The smallest absolute Gasteiger partial charge is 0.119 e. The molecule has 1 aromatic heterocycles. The third kappa shape index (κ3) is 2.37. The zero-order valence-corrected chi connectivity index (χ0v) is 9.47. The molecule has 3 nitrogen and oxygen atoms in total. The summed E-state index contributed by atoms with van der Waals surface area (Å²) in [5.74, 6) is 0.886. The molecule has 0 aliphatic rings. The largest absolute Gasteiger partial charge is 0.494 e. The first-order valence-corrected chi connectivity index (χ1v) is 5.31. The topological polar surface area (TPSA) is 35.0 Å². The number of benzene rings is 1. The summed E-state index contributed by atoms with van der Waals surface area (Å²) in [6, 6.07) is 9.89. The third-order valence-electron chi connectivity index (χ3n) is 2.26. The van der Waals surface area contributed by atoms with Gasteiger partial charge in [0.05, 0.1) is 12.3 Å². The minimum Gasteiger partial charge on any atom is -0.494 e. The Bertz CT molecular complexity index is 466. The summed E-state index contributed by atoms with van der Waals surface area (Å²) in [4.78, 5) is 8.31. The normalized spacial score (nSPS) is 10.1. The summed E-state index contributed by atoms with van der Waals surface area (Å²) >= 11 is 0. The van der Waals surface area contributed by atoms with E-state index in [1.807, 2.05) is 44.2 Å². The first kappa shape index (κ1) is 10.6. The highest BCUT2D eigenvalue weighted by molar-refractivity contribution is 5.59. The van der Waals surface area contributed by atoms with Crippen LogP contribution in [0.25, 0.3) is 11.3 Å².